The summed E-state index contributed by atoms with van der Waals surface area (Å²) in [5, 5.41) is 10.2. The van der Waals surface area contributed by atoms with E-state index in [1.54, 1.807) is 13.8 Å². The average Bonchev–Trinajstić information content (AvgIpc) is 3.02. The van der Waals surface area contributed by atoms with Gasteiger partial charge in [-0.15, -0.1) is 0 Å². The number of ether oxygens (including phenoxy) is 1. The fraction of sp³-hybridized carbons (Fsp3) is 0.880. The highest BCUT2D eigenvalue weighted by Gasteiger charge is 2.64. The van der Waals surface area contributed by atoms with Gasteiger partial charge < -0.3 is 9.84 Å². The van der Waals surface area contributed by atoms with Crippen LogP contribution in [0, 0.1) is 46.3 Å². The number of hydrogen-bond acceptors (Lipinski definition) is 5. The molecule has 0 heterocycles. The zero-order valence-corrected chi connectivity index (χ0v) is 19.0. The lowest BCUT2D eigenvalue weighted by Crippen LogP contribution is -2.58. The van der Waals surface area contributed by atoms with Crippen molar-refractivity contribution < 1.29 is 24.2 Å². The number of aliphatic hydroxyl groups excluding tert-OH is 1. The lowest BCUT2D eigenvalue weighted by molar-refractivity contribution is -0.164. The Labute approximate surface area is 180 Å². The van der Waals surface area contributed by atoms with Crippen LogP contribution < -0.4 is 0 Å². The highest BCUT2D eigenvalue weighted by molar-refractivity contribution is 5.89. The van der Waals surface area contributed by atoms with Gasteiger partial charge in [0.1, 0.15) is 12.4 Å². The summed E-state index contributed by atoms with van der Waals surface area (Å²) in [4.78, 5) is 38.4. The van der Waals surface area contributed by atoms with Crippen LogP contribution in [0.15, 0.2) is 0 Å². The second-order valence-electron chi connectivity index (χ2n) is 11.5. The maximum atomic E-state index is 13.6. The molecule has 4 aliphatic carbocycles. The molecule has 0 aromatic heterocycles. The average molecular weight is 419 g/mol. The summed E-state index contributed by atoms with van der Waals surface area (Å²) < 4.78 is 5.24. The minimum atomic E-state index is -0.339. The van der Waals surface area contributed by atoms with Gasteiger partial charge in [0, 0.05) is 18.3 Å². The fourth-order valence-corrected chi connectivity index (χ4v) is 7.99. The van der Waals surface area contributed by atoms with Crippen LogP contribution in [0.4, 0.5) is 0 Å². The van der Waals surface area contributed by atoms with Crippen molar-refractivity contribution in [1.29, 1.82) is 0 Å². The molecule has 4 aliphatic rings. The molecule has 0 saturated heterocycles. The Bertz CT molecular complexity index is 729. The van der Waals surface area contributed by atoms with Gasteiger partial charge in [0.25, 0.3) is 0 Å². The van der Waals surface area contributed by atoms with Crippen molar-refractivity contribution in [2.45, 2.75) is 85.2 Å². The Morgan fingerprint density at radius 2 is 1.83 bits per heavy atom. The zero-order valence-electron chi connectivity index (χ0n) is 19.0. The van der Waals surface area contributed by atoms with Crippen LogP contribution in [-0.2, 0) is 19.1 Å². The molecular formula is C25H38O5. The summed E-state index contributed by atoms with van der Waals surface area (Å²) in [6.07, 6.45) is 6.72. The number of carbonyl (C=O) groups is 3. The van der Waals surface area contributed by atoms with Gasteiger partial charge in [0.2, 0.25) is 0 Å². The minimum absolute atomic E-state index is 0.00451. The lowest BCUT2D eigenvalue weighted by atomic mass is 9.44. The predicted octanol–water partition coefficient (Wildman–Crippen LogP) is 3.95. The van der Waals surface area contributed by atoms with Gasteiger partial charge in [-0.05, 0) is 73.5 Å². The van der Waals surface area contributed by atoms with E-state index in [9.17, 15) is 19.5 Å². The fourth-order valence-electron chi connectivity index (χ4n) is 7.99. The molecule has 8 atom stereocenters. The van der Waals surface area contributed by atoms with Crippen LogP contribution in [0.2, 0.25) is 0 Å². The van der Waals surface area contributed by atoms with Gasteiger partial charge in [-0.25, -0.2) is 0 Å². The van der Waals surface area contributed by atoms with Crippen LogP contribution >= 0.6 is 0 Å². The summed E-state index contributed by atoms with van der Waals surface area (Å²) in [6, 6.07) is 0. The van der Waals surface area contributed by atoms with E-state index in [1.807, 2.05) is 0 Å². The molecular weight excluding hydrogens is 380 g/mol. The molecule has 0 aromatic rings. The van der Waals surface area contributed by atoms with Crippen LogP contribution in [0.25, 0.3) is 0 Å². The first-order valence-electron chi connectivity index (χ1n) is 12.0. The van der Waals surface area contributed by atoms with Crippen molar-refractivity contribution in [3.63, 3.8) is 0 Å². The van der Waals surface area contributed by atoms with E-state index in [2.05, 4.69) is 13.8 Å². The number of ketones is 2. The molecule has 0 unspecified atom stereocenters. The van der Waals surface area contributed by atoms with Crippen molar-refractivity contribution in [2.75, 3.05) is 6.61 Å². The summed E-state index contributed by atoms with van der Waals surface area (Å²) in [5.74, 6) is 0.802. The predicted molar refractivity (Wildman–Crippen MR) is 112 cm³/mol. The van der Waals surface area contributed by atoms with E-state index in [-0.39, 0.29) is 53.0 Å². The van der Waals surface area contributed by atoms with E-state index >= 15 is 0 Å². The molecule has 1 N–H and O–H groups in total. The number of esters is 1. The number of fused-ring (bicyclic) bond motifs is 5. The van der Waals surface area contributed by atoms with E-state index < -0.39 is 0 Å². The van der Waals surface area contributed by atoms with Crippen molar-refractivity contribution in [3.05, 3.63) is 0 Å². The zero-order chi connectivity index (χ0) is 21.8. The third kappa shape index (κ3) is 3.36. The quantitative estimate of drug-likeness (QED) is 0.699. The second-order valence-corrected chi connectivity index (χ2v) is 11.5. The molecule has 5 nitrogen and oxygen atoms in total. The molecule has 0 bridgehead atoms. The highest BCUT2D eigenvalue weighted by atomic mass is 16.5. The summed E-state index contributed by atoms with van der Waals surface area (Å²) in [5.41, 5.74) is -0.313. The molecule has 0 spiro atoms. The number of Topliss-reactive ketones (excluding diaryl/α,β-unsaturated/α-hetero) is 2. The van der Waals surface area contributed by atoms with Crippen LogP contribution in [0.5, 0.6) is 0 Å². The van der Waals surface area contributed by atoms with Crippen LogP contribution in [0.3, 0.4) is 0 Å². The first-order valence-corrected chi connectivity index (χ1v) is 12.0. The molecule has 0 amide bonds. The van der Waals surface area contributed by atoms with Crippen molar-refractivity contribution in [3.8, 4) is 0 Å². The van der Waals surface area contributed by atoms with E-state index in [1.165, 1.54) is 0 Å². The Morgan fingerprint density at radius 3 is 2.53 bits per heavy atom. The summed E-state index contributed by atoms with van der Waals surface area (Å²) >= 11 is 0. The molecule has 4 saturated carbocycles. The number of rotatable bonds is 4. The Hall–Kier alpha value is -1.23. The maximum absolute atomic E-state index is 13.6. The van der Waals surface area contributed by atoms with Crippen molar-refractivity contribution in [1.82, 2.24) is 0 Å². The van der Waals surface area contributed by atoms with Gasteiger partial charge in [-0.1, -0.05) is 27.7 Å². The standard InChI is InChI=1S/C25H38O5/c1-14(2)23(29)30-13-21(28)19-8-7-18-17-6-5-15-11-16(26)9-10-24(15,3)22(17)20(27)12-25(18,19)4/h14-19,22,26H,5-13H2,1-4H3/t15-,16+,17-,18-,19+,22+,24-,25-/m0/s1. The monoisotopic (exact) mass is 418 g/mol. The van der Waals surface area contributed by atoms with Crippen molar-refractivity contribution >= 4 is 17.5 Å². The third-order valence-electron chi connectivity index (χ3n) is 9.54. The first kappa shape index (κ1) is 22.0. The van der Waals surface area contributed by atoms with Gasteiger partial charge in [0.15, 0.2) is 5.78 Å². The topological polar surface area (TPSA) is 80.7 Å². The SMILES string of the molecule is CC(C)C(=O)OCC(=O)[C@H]1CC[C@H]2[C@@H]3CC[C@H]4C[C@H](O)CC[C@]4(C)[C@H]3C(=O)C[C@]12C. The highest BCUT2D eigenvalue weighted by Crippen LogP contribution is 2.66. The van der Waals surface area contributed by atoms with Crippen LogP contribution in [0.1, 0.15) is 79.1 Å². The first-order chi connectivity index (χ1) is 14.1. The number of hydrogen-bond donors (Lipinski definition) is 1. The Kier molecular flexibility index (Phi) is 5.66. The van der Waals surface area contributed by atoms with Gasteiger partial charge in [-0.2, -0.15) is 0 Å². The van der Waals surface area contributed by atoms with E-state index in [4.69, 9.17) is 4.74 Å². The van der Waals surface area contributed by atoms with Gasteiger partial charge in [0.05, 0.1) is 12.0 Å². The van der Waals surface area contributed by atoms with E-state index in [0.29, 0.717) is 30.0 Å². The molecule has 4 rings (SSSR count). The van der Waals surface area contributed by atoms with E-state index in [0.717, 1.165) is 44.9 Å². The molecule has 0 aliphatic heterocycles. The molecule has 4 fully saturated rings. The number of carbonyl (C=O) groups excluding carboxylic acids is 3. The molecule has 5 heteroatoms. The van der Waals surface area contributed by atoms with Gasteiger partial charge in [-0.3, -0.25) is 14.4 Å². The third-order valence-corrected chi connectivity index (χ3v) is 9.54. The molecule has 30 heavy (non-hydrogen) atoms. The minimum Gasteiger partial charge on any atom is -0.457 e. The molecule has 168 valence electrons. The normalized spacial score (nSPS) is 45.5. The molecule has 0 aromatic carbocycles. The maximum Gasteiger partial charge on any atom is 0.308 e. The second kappa shape index (κ2) is 7.72. The van der Waals surface area contributed by atoms with Crippen molar-refractivity contribution in [2.24, 2.45) is 46.3 Å². The molecule has 0 radical (unpaired) electrons. The largest absolute Gasteiger partial charge is 0.457 e. The lowest BCUT2D eigenvalue weighted by Gasteiger charge is -2.59. The smallest absolute Gasteiger partial charge is 0.308 e. The summed E-state index contributed by atoms with van der Waals surface area (Å²) in [7, 11) is 0. The Balaban J connectivity index is 1.53. The van der Waals surface area contributed by atoms with Gasteiger partial charge >= 0.3 is 5.97 Å². The Morgan fingerprint density at radius 1 is 1.10 bits per heavy atom. The van der Waals surface area contributed by atoms with Crippen LogP contribution in [-0.4, -0.2) is 35.4 Å². The summed E-state index contributed by atoms with van der Waals surface area (Å²) in [6.45, 7) is 7.81. The number of aliphatic hydroxyl groups is 1.